The minimum Gasteiger partial charge on any atom is -0.319 e. The van der Waals surface area contributed by atoms with Crippen molar-refractivity contribution in [2.45, 2.75) is 0 Å². The van der Waals surface area contributed by atoms with Gasteiger partial charge in [0, 0.05) is 38.3 Å². The molecule has 0 radical (unpaired) electrons. The van der Waals surface area contributed by atoms with Crippen molar-refractivity contribution in [3.05, 3.63) is 254 Å². The van der Waals surface area contributed by atoms with Crippen LogP contribution >= 0.6 is 0 Å². The van der Waals surface area contributed by atoms with E-state index in [4.69, 9.17) is 6.57 Å². The van der Waals surface area contributed by atoms with Gasteiger partial charge < -0.3 is 13.7 Å². The summed E-state index contributed by atoms with van der Waals surface area (Å²) in [6.07, 6.45) is 0. The van der Waals surface area contributed by atoms with E-state index in [0.717, 1.165) is 66.3 Å². The van der Waals surface area contributed by atoms with Crippen molar-refractivity contribution in [3.8, 4) is 17.1 Å². The minimum atomic E-state index is -2.78. The molecular weight excluding hydrogens is 817 g/mol. The summed E-state index contributed by atoms with van der Waals surface area (Å²) in [7, 11) is -2.78. The number of nitrogens with zero attached hydrogens (tertiary/aromatic N) is 4. The second-order valence-corrected chi connectivity index (χ2v) is 20.9. The van der Waals surface area contributed by atoms with E-state index in [1.807, 2.05) is 12.1 Å². The second-order valence-electron chi connectivity index (χ2n) is 17.1. The monoisotopic (exact) mass is 856 g/mol. The van der Waals surface area contributed by atoms with Crippen molar-refractivity contribution in [2.75, 3.05) is 0 Å². The maximum Gasteiger partial charge on any atom is 0.211 e. The normalized spacial score (nSPS) is 11.9. The van der Waals surface area contributed by atoms with Crippen LogP contribution in [-0.2, 0) is 0 Å². The zero-order valence-corrected chi connectivity index (χ0v) is 36.9. The summed E-state index contributed by atoms with van der Waals surface area (Å²) in [6, 6.07) is 88.4. The molecule has 308 valence electrons. The van der Waals surface area contributed by atoms with Gasteiger partial charge in [0.1, 0.15) is 0 Å². The Morgan fingerprint density at radius 1 is 0.318 bits per heavy atom. The first kappa shape index (κ1) is 37.8. The molecule has 13 aromatic rings. The molecule has 0 amide bonds. The Kier molecular flexibility index (Phi) is 8.57. The number of fused-ring (bicyclic) bond motifs is 9. The molecular formula is C61H40N4Si. The Balaban J connectivity index is 1.06. The lowest BCUT2D eigenvalue weighted by atomic mass is 10.1. The molecule has 0 N–H and O–H groups in total. The van der Waals surface area contributed by atoms with E-state index >= 15 is 0 Å². The van der Waals surface area contributed by atoms with Gasteiger partial charge in [0.05, 0.1) is 45.4 Å². The van der Waals surface area contributed by atoms with Crippen molar-refractivity contribution in [3.63, 3.8) is 0 Å². The lowest BCUT2D eigenvalue weighted by molar-refractivity contribution is 1.16. The second kappa shape index (κ2) is 15.0. The molecule has 0 bridgehead atoms. The first-order valence-electron chi connectivity index (χ1n) is 22.5. The number of benzene rings is 10. The van der Waals surface area contributed by atoms with Crippen LogP contribution < -0.4 is 20.7 Å². The Bertz CT molecular complexity index is 3910. The maximum absolute atomic E-state index is 8.44. The molecule has 0 unspecified atom stereocenters. The van der Waals surface area contributed by atoms with Gasteiger partial charge in [0.2, 0.25) is 5.69 Å². The molecule has 0 saturated carbocycles. The van der Waals surface area contributed by atoms with Gasteiger partial charge in [-0.3, -0.25) is 0 Å². The van der Waals surface area contributed by atoms with E-state index in [0.29, 0.717) is 5.69 Å². The Hall–Kier alpha value is -8.69. The molecule has 0 aliphatic rings. The summed E-state index contributed by atoms with van der Waals surface area (Å²) in [6.45, 7) is 8.44. The highest BCUT2D eigenvalue weighted by atomic mass is 28.3. The minimum absolute atomic E-state index is 0.624. The number of hydrogen-bond donors (Lipinski definition) is 0. The summed E-state index contributed by atoms with van der Waals surface area (Å²) < 4.78 is 7.16. The topological polar surface area (TPSA) is 19.1 Å². The Morgan fingerprint density at radius 2 is 0.773 bits per heavy atom. The fraction of sp³-hybridized carbons (Fsp3) is 0. The van der Waals surface area contributed by atoms with E-state index in [-0.39, 0.29) is 0 Å². The standard InChI is InChI=1S/C61H40N4Si/c1-62-53-32-18-31-51-60-58(36-19-37-59(60)65-55-34-15-11-28-48(55)49-29-12-16-35-56(49)65)64(61(51)53)43-38-39-57-52(41-43)50-30-13-14-33-54(50)63(57)42-20-17-27-47(40-42)66(44-21-5-2-6-22-44,45-23-7-3-8-24-45)46-25-9-4-10-26-46/h2-41H. The Labute approximate surface area is 382 Å². The highest BCUT2D eigenvalue weighted by molar-refractivity contribution is 7.19. The zero-order chi connectivity index (χ0) is 43.8. The summed E-state index contributed by atoms with van der Waals surface area (Å²) in [5, 5.41) is 12.3. The molecule has 10 aromatic carbocycles. The molecule has 0 saturated heterocycles. The predicted octanol–water partition coefficient (Wildman–Crippen LogP) is 12.9. The zero-order valence-electron chi connectivity index (χ0n) is 35.9. The third kappa shape index (κ3) is 5.43. The molecule has 0 atom stereocenters. The van der Waals surface area contributed by atoms with Crippen LogP contribution in [-0.4, -0.2) is 21.8 Å². The lowest BCUT2D eigenvalue weighted by Gasteiger charge is -2.34. The molecule has 0 aliphatic carbocycles. The van der Waals surface area contributed by atoms with Gasteiger partial charge in [-0.2, -0.15) is 0 Å². The van der Waals surface area contributed by atoms with Gasteiger partial charge >= 0.3 is 0 Å². The van der Waals surface area contributed by atoms with Crippen LogP contribution in [0.15, 0.2) is 243 Å². The highest BCUT2D eigenvalue weighted by Gasteiger charge is 2.41. The number of hydrogen-bond acceptors (Lipinski definition) is 0. The lowest BCUT2D eigenvalue weighted by Crippen LogP contribution is -2.74. The van der Waals surface area contributed by atoms with Crippen LogP contribution in [0.1, 0.15) is 0 Å². The van der Waals surface area contributed by atoms with Crippen LogP contribution in [0.4, 0.5) is 5.69 Å². The molecule has 3 heterocycles. The van der Waals surface area contributed by atoms with Crippen molar-refractivity contribution in [2.24, 2.45) is 0 Å². The smallest absolute Gasteiger partial charge is 0.211 e. The van der Waals surface area contributed by atoms with Crippen LogP contribution in [0.2, 0.25) is 0 Å². The summed E-state index contributed by atoms with van der Waals surface area (Å²) >= 11 is 0. The van der Waals surface area contributed by atoms with Crippen molar-refractivity contribution in [1.29, 1.82) is 0 Å². The molecule has 3 aromatic heterocycles. The van der Waals surface area contributed by atoms with Gasteiger partial charge in [-0.25, -0.2) is 4.85 Å². The van der Waals surface area contributed by atoms with Gasteiger partial charge in [-0.15, -0.1) is 0 Å². The van der Waals surface area contributed by atoms with Crippen LogP contribution in [0.25, 0.3) is 87.3 Å². The molecule has 0 aliphatic heterocycles. The quantitative estimate of drug-likeness (QED) is 0.0864. The fourth-order valence-corrected chi connectivity index (χ4v) is 15.9. The van der Waals surface area contributed by atoms with Gasteiger partial charge in [-0.05, 0) is 86.8 Å². The van der Waals surface area contributed by atoms with E-state index in [2.05, 4.69) is 249 Å². The third-order valence-electron chi connectivity index (χ3n) is 13.8. The van der Waals surface area contributed by atoms with Crippen LogP contribution in [0.5, 0.6) is 0 Å². The number of aromatic nitrogens is 3. The maximum atomic E-state index is 8.44. The van der Waals surface area contributed by atoms with Gasteiger partial charge in [-0.1, -0.05) is 182 Å². The molecule has 13 rings (SSSR count). The Morgan fingerprint density at radius 3 is 1.38 bits per heavy atom. The predicted molar refractivity (Wildman–Crippen MR) is 279 cm³/mol. The summed E-state index contributed by atoms with van der Waals surface area (Å²) in [5.74, 6) is 0. The van der Waals surface area contributed by atoms with E-state index in [1.54, 1.807) is 0 Å². The van der Waals surface area contributed by atoms with E-state index in [9.17, 15) is 0 Å². The van der Waals surface area contributed by atoms with E-state index in [1.165, 1.54) is 36.9 Å². The molecule has 4 nitrogen and oxygen atoms in total. The van der Waals surface area contributed by atoms with Crippen molar-refractivity contribution >= 4 is 99.9 Å². The molecule has 66 heavy (non-hydrogen) atoms. The first-order chi connectivity index (χ1) is 32.7. The number of para-hydroxylation sites is 4. The van der Waals surface area contributed by atoms with Crippen LogP contribution in [0.3, 0.4) is 0 Å². The molecule has 0 fully saturated rings. The van der Waals surface area contributed by atoms with Gasteiger partial charge in [0.15, 0.2) is 8.07 Å². The van der Waals surface area contributed by atoms with Crippen LogP contribution in [0, 0.1) is 6.57 Å². The summed E-state index contributed by atoms with van der Waals surface area (Å²) in [4.78, 5) is 4.14. The first-order valence-corrected chi connectivity index (χ1v) is 24.5. The summed E-state index contributed by atoms with van der Waals surface area (Å²) in [5.41, 5.74) is 10.4. The van der Waals surface area contributed by atoms with Gasteiger partial charge in [0.25, 0.3) is 0 Å². The largest absolute Gasteiger partial charge is 0.319 e. The highest BCUT2D eigenvalue weighted by Crippen LogP contribution is 2.43. The molecule has 0 spiro atoms. The average molecular weight is 857 g/mol. The van der Waals surface area contributed by atoms with Crippen molar-refractivity contribution in [1.82, 2.24) is 13.7 Å². The third-order valence-corrected chi connectivity index (χ3v) is 18.6. The van der Waals surface area contributed by atoms with Crippen molar-refractivity contribution < 1.29 is 0 Å². The number of rotatable bonds is 7. The van der Waals surface area contributed by atoms with E-state index < -0.39 is 8.07 Å². The fourth-order valence-electron chi connectivity index (χ4n) is 11.1. The SMILES string of the molecule is [C-]#[N+]c1cccc2c3c(-n4c5ccccc5c5ccccc54)cccc3n(-c3ccc4c(c3)c3ccccc3n4-c3cccc([Si](c4ccccc4)(c4ccccc4)c4ccccc4)c3)c12. The average Bonchev–Trinajstić information content (AvgIpc) is 4.03. The molecule has 5 heteroatoms.